The minimum atomic E-state index is -1.14. The lowest BCUT2D eigenvalue weighted by atomic mass is 10.2. The standard InChI is InChI=1S/C12H7BrFNO3S/c13-7-3-1-2-6(9(7)14)11(16)15-8-4-5-19-10(8)12(17)18/h1-5H,(H,15,16)(H,17,18). The first-order valence-corrected chi connectivity index (χ1v) is 6.74. The highest BCUT2D eigenvalue weighted by Crippen LogP contribution is 2.24. The van der Waals surface area contributed by atoms with E-state index in [1.807, 2.05) is 0 Å². The normalized spacial score (nSPS) is 10.2. The Morgan fingerprint density at radius 3 is 2.74 bits per heavy atom. The molecule has 0 aliphatic rings. The number of amides is 1. The molecule has 2 aromatic rings. The molecule has 4 nitrogen and oxygen atoms in total. The number of carbonyl (C=O) groups excluding carboxylic acids is 1. The van der Waals surface area contributed by atoms with E-state index in [-0.39, 0.29) is 20.6 Å². The first-order valence-electron chi connectivity index (χ1n) is 5.07. The molecule has 2 rings (SSSR count). The Balaban J connectivity index is 2.29. The summed E-state index contributed by atoms with van der Waals surface area (Å²) in [6.07, 6.45) is 0. The minimum Gasteiger partial charge on any atom is -0.477 e. The summed E-state index contributed by atoms with van der Waals surface area (Å²) in [4.78, 5) is 22.8. The monoisotopic (exact) mass is 343 g/mol. The number of hydrogen-bond donors (Lipinski definition) is 2. The number of thiophene rings is 1. The van der Waals surface area contributed by atoms with Gasteiger partial charge in [0.1, 0.15) is 10.7 Å². The SMILES string of the molecule is O=C(Nc1ccsc1C(=O)O)c1cccc(Br)c1F. The third kappa shape index (κ3) is 2.82. The van der Waals surface area contributed by atoms with E-state index in [4.69, 9.17) is 5.11 Å². The Hall–Kier alpha value is -1.73. The molecule has 1 heterocycles. The molecule has 0 unspecified atom stereocenters. The predicted molar refractivity (Wildman–Crippen MR) is 73.3 cm³/mol. The quantitative estimate of drug-likeness (QED) is 0.894. The van der Waals surface area contributed by atoms with Crippen molar-refractivity contribution in [3.05, 3.63) is 50.4 Å². The molecular formula is C12H7BrFNO3S. The summed E-state index contributed by atoms with van der Waals surface area (Å²) in [6.45, 7) is 0. The number of carbonyl (C=O) groups is 2. The highest BCUT2D eigenvalue weighted by molar-refractivity contribution is 9.10. The van der Waals surface area contributed by atoms with E-state index in [0.29, 0.717) is 0 Å². The first-order chi connectivity index (χ1) is 9.00. The summed E-state index contributed by atoms with van der Waals surface area (Å²) >= 11 is 3.97. The minimum absolute atomic E-state index is 0.00348. The molecule has 0 saturated carbocycles. The highest BCUT2D eigenvalue weighted by Gasteiger charge is 2.18. The van der Waals surface area contributed by atoms with Gasteiger partial charge in [-0.05, 0) is 39.5 Å². The van der Waals surface area contributed by atoms with E-state index >= 15 is 0 Å². The summed E-state index contributed by atoms with van der Waals surface area (Å²) in [5.74, 6) is -2.52. The Bertz CT molecular complexity index is 656. The van der Waals surface area contributed by atoms with Crippen LogP contribution >= 0.6 is 27.3 Å². The molecule has 1 aromatic carbocycles. The molecule has 0 atom stereocenters. The molecule has 0 bridgehead atoms. The van der Waals surface area contributed by atoms with Crippen molar-refractivity contribution in [2.45, 2.75) is 0 Å². The second-order valence-corrected chi connectivity index (χ2v) is 5.29. The third-order valence-electron chi connectivity index (χ3n) is 2.30. The van der Waals surface area contributed by atoms with Gasteiger partial charge in [-0.1, -0.05) is 6.07 Å². The zero-order valence-electron chi connectivity index (χ0n) is 9.31. The Labute approximate surface area is 120 Å². The van der Waals surface area contributed by atoms with E-state index in [1.165, 1.54) is 29.6 Å². The van der Waals surface area contributed by atoms with Crippen LogP contribution < -0.4 is 5.32 Å². The van der Waals surface area contributed by atoms with Crippen LogP contribution in [0.2, 0.25) is 0 Å². The molecule has 0 saturated heterocycles. The number of anilines is 1. The zero-order valence-corrected chi connectivity index (χ0v) is 11.7. The number of nitrogens with one attached hydrogen (secondary N) is 1. The molecule has 7 heteroatoms. The van der Waals surface area contributed by atoms with Gasteiger partial charge in [-0.3, -0.25) is 4.79 Å². The zero-order chi connectivity index (χ0) is 14.0. The molecule has 98 valence electrons. The van der Waals surface area contributed by atoms with Crippen LogP contribution in [0.15, 0.2) is 34.1 Å². The van der Waals surface area contributed by atoms with Crippen LogP contribution in [0.25, 0.3) is 0 Å². The maximum Gasteiger partial charge on any atom is 0.348 e. The van der Waals surface area contributed by atoms with Crippen LogP contribution in [0.1, 0.15) is 20.0 Å². The highest BCUT2D eigenvalue weighted by atomic mass is 79.9. The number of rotatable bonds is 3. The van der Waals surface area contributed by atoms with Crippen molar-refractivity contribution in [3.8, 4) is 0 Å². The van der Waals surface area contributed by atoms with Gasteiger partial charge in [-0.15, -0.1) is 11.3 Å². The maximum atomic E-state index is 13.7. The summed E-state index contributed by atoms with van der Waals surface area (Å²) in [6, 6.07) is 5.78. The second-order valence-electron chi connectivity index (χ2n) is 3.52. The van der Waals surface area contributed by atoms with Crippen LogP contribution in [0, 0.1) is 5.82 Å². The van der Waals surface area contributed by atoms with Gasteiger partial charge in [0, 0.05) is 0 Å². The second kappa shape index (κ2) is 5.50. The van der Waals surface area contributed by atoms with Gasteiger partial charge in [0.05, 0.1) is 15.7 Å². The van der Waals surface area contributed by atoms with Crippen molar-refractivity contribution < 1.29 is 19.1 Å². The van der Waals surface area contributed by atoms with Crippen molar-refractivity contribution >= 4 is 44.8 Å². The van der Waals surface area contributed by atoms with Crippen molar-refractivity contribution in [2.75, 3.05) is 5.32 Å². The number of aromatic carboxylic acids is 1. The lowest BCUT2D eigenvalue weighted by molar-refractivity contribution is 0.0703. The number of halogens is 2. The smallest absolute Gasteiger partial charge is 0.348 e. The third-order valence-corrected chi connectivity index (χ3v) is 3.82. The van der Waals surface area contributed by atoms with Gasteiger partial charge in [-0.25, -0.2) is 9.18 Å². The van der Waals surface area contributed by atoms with Crippen LogP contribution in [-0.4, -0.2) is 17.0 Å². The molecule has 19 heavy (non-hydrogen) atoms. The van der Waals surface area contributed by atoms with Gasteiger partial charge in [-0.2, -0.15) is 0 Å². The van der Waals surface area contributed by atoms with Gasteiger partial charge in [0.2, 0.25) is 0 Å². The summed E-state index contributed by atoms with van der Waals surface area (Å²) in [5.41, 5.74) is -0.00112. The molecule has 0 radical (unpaired) electrons. The van der Waals surface area contributed by atoms with Gasteiger partial charge in [0.25, 0.3) is 5.91 Å². The molecule has 1 aromatic heterocycles. The fourth-order valence-corrected chi connectivity index (χ4v) is 2.50. The van der Waals surface area contributed by atoms with Gasteiger partial charge < -0.3 is 10.4 Å². The van der Waals surface area contributed by atoms with E-state index in [9.17, 15) is 14.0 Å². The molecule has 1 amide bonds. The van der Waals surface area contributed by atoms with Crippen LogP contribution in [0.3, 0.4) is 0 Å². The van der Waals surface area contributed by atoms with E-state index in [2.05, 4.69) is 21.2 Å². The lowest BCUT2D eigenvalue weighted by Crippen LogP contribution is -2.15. The molecule has 0 aliphatic heterocycles. The topological polar surface area (TPSA) is 66.4 Å². The Morgan fingerprint density at radius 1 is 1.32 bits per heavy atom. The predicted octanol–water partition coefficient (Wildman–Crippen LogP) is 3.60. The Kier molecular flexibility index (Phi) is 3.96. The molecule has 2 N–H and O–H groups in total. The number of carboxylic acid groups (broad SMARTS) is 1. The fraction of sp³-hybridized carbons (Fsp3) is 0. The maximum absolute atomic E-state index is 13.7. The number of benzene rings is 1. The van der Waals surface area contributed by atoms with Crippen molar-refractivity contribution in [3.63, 3.8) is 0 Å². The number of hydrogen-bond acceptors (Lipinski definition) is 3. The molecule has 0 aliphatic carbocycles. The van der Waals surface area contributed by atoms with E-state index in [1.54, 1.807) is 0 Å². The van der Waals surface area contributed by atoms with E-state index < -0.39 is 17.7 Å². The molecule has 0 spiro atoms. The first kappa shape index (κ1) is 13.7. The average Bonchev–Trinajstić information content (AvgIpc) is 2.80. The summed E-state index contributed by atoms with van der Waals surface area (Å²) in [5, 5.41) is 12.8. The van der Waals surface area contributed by atoms with Crippen LogP contribution in [-0.2, 0) is 0 Å². The van der Waals surface area contributed by atoms with E-state index in [0.717, 1.165) is 11.3 Å². The van der Waals surface area contributed by atoms with Crippen LogP contribution in [0.4, 0.5) is 10.1 Å². The number of carboxylic acids is 1. The van der Waals surface area contributed by atoms with Crippen molar-refractivity contribution in [2.24, 2.45) is 0 Å². The van der Waals surface area contributed by atoms with Crippen LogP contribution in [0.5, 0.6) is 0 Å². The van der Waals surface area contributed by atoms with Gasteiger partial charge >= 0.3 is 5.97 Å². The summed E-state index contributed by atoms with van der Waals surface area (Å²) < 4.78 is 13.9. The summed E-state index contributed by atoms with van der Waals surface area (Å²) in [7, 11) is 0. The van der Waals surface area contributed by atoms with Gasteiger partial charge in [0.15, 0.2) is 0 Å². The largest absolute Gasteiger partial charge is 0.477 e. The molecule has 0 fully saturated rings. The van der Waals surface area contributed by atoms with Crippen molar-refractivity contribution in [1.82, 2.24) is 0 Å². The average molecular weight is 344 g/mol. The fourth-order valence-electron chi connectivity index (χ4n) is 1.44. The Morgan fingerprint density at radius 2 is 2.05 bits per heavy atom. The lowest BCUT2D eigenvalue weighted by Gasteiger charge is -2.06. The molecular weight excluding hydrogens is 337 g/mol. The van der Waals surface area contributed by atoms with Crippen molar-refractivity contribution in [1.29, 1.82) is 0 Å².